The quantitative estimate of drug-likeness (QED) is 0.869. The van der Waals surface area contributed by atoms with Gasteiger partial charge >= 0.3 is 6.18 Å². The highest BCUT2D eigenvalue weighted by molar-refractivity contribution is 5.45. The van der Waals surface area contributed by atoms with Crippen LogP contribution in [0.2, 0.25) is 0 Å². The van der Waals surface area contributed by atoms with Gasteiger partial charge in [-0.2, -0.15) is 23.5 Å². The first-order chi connectivity index (χ1) is 9.44. The fourth-order valence-electron chi connectivity index (χ4n) is 1.71. The largest absolute Gasteiger partial charge is 0.495 e. The van der Waals surface area contributed by atoms with Crippen molar-refractivity contribution in [1.82, 2.24) is 9.78 Å². The molecular formula is C13H10F3N3O. The van der Waals surface area contributed by atoms with Crippen LogP contribution in [0.4, 0.5) is 13.2 Å². The summed E-state index contributed by atoms with van der Waals surface area (Å²) in [6, 6.07) is 6.78. The highest BCUT2D eigenvalue weighted by atomic mass is 19.4. The van der Waals surface area contributed by atoms with Crippen molar-refractivity contribution in [3.8, 4) is 11.8 Å². The van der Waals surface area contributed by atoms with Gasteiger partial charge in [0.1, 0.15) is 11.8 Å². The molecule has 0 aliphatic rings. The maximum Gasteiger partial charge on any atom is 0.419 e. The minimum atomic E-state index is -4.40. The van der Waals surface area contributed by atoms with E-state index in [1.54, 1.807) is 18.2 Å². The smallest absolute Gasteiger partial charge is 0.419 e. The summed E-state index contributed by atoms with van der Waals surface area (Å²) in [6.07, 6.45) is -2.69. The fraction of sp³-hybridized carbons (Fsp3) is 0.231. The number of hydrogen-bond acceptors (Lipinski definition) is 3. The third kappa shape index (κ3) is 2.91. The predicted molar refractivity (Wildman–Crippen MR) is 64.0 cm³/mol. The molecule has 0 spiro atoms. The molecule has 4 nitrogen and oxygen atoms in total. The van der Waals surface area contributed by atoms with Crippen LogP contribution in [-0.2, 0) is 12.7 Å². The lowest BCUT2D eigenvalue weighted by Gasteiger charge is -2.06. The number of nitriles is 1. The molecule has 0 atom stereocenters. The third-order valence-electron chi connectivity index (χ3n) is 2.69. The first kappa shape index (κ1) is 13.9. The molecule has 0 aliphatic carbocycles. The van der Waals surface area contributed by atoms with Gasteiger partial charge in [-0.25, -0.2) is 0 Å². The Morgan fingerprint density at radius 1 is 1.40 bits per heavy atom. The molecule has 0 fully saturated rings. The number of rotatable bonds is 3. The Morgan fingerprint density at radius 2 is 2.15 bits per heavy atom. The Labute approximate surface area is 113 Å². The van der Waals surface area contributed by atoms with E-state index in [1.807, 2.05) is 6.07 Å². The summed E-state index contributed by atoms with van der Waals surface area (Å²) in [6.45, 7) is 0.165. The van der Waals surface area contributed by atoms with Gasteiger partial charge in [0.2, 0.25) is 0 Å². The lowest BCUT2D eigenvalue weighted by atomic mass is 10.1. The van der Waals surface area contributed by atoms with Gasteiger partial charge in [0, 0.05) is 6.20 Å². The summed E-state index contributed by atoms with van der Waals surface area (Å²) in [5, 5.41) is 12.5. The van der Waals surface area contributed by atoms with Crippen molar-refractivity contribution in [2.45, 2.75) is 12.7 Å². The van der Waals surface area contributed by atoms with Crippen LogP contribution in [0, 0.1) is 11.3 Å². The number of methoxy groups -OCH3 is 1. The number of hydrogen-bond donors (Lipinski definition) is 0. The van der Waals surface area contributed by atoms with Crippen molar-refractivity contribution in [3.05, 3.63) is 47.3 Å². The van der Waals surface area contributed by atoms with E-state index in [4.69, 9.17) is 10.00 Å². The number of nitrogens with zero attached hydrogens (tertiary/aromatic N) is 3. The Morgan fingerprint density at radius 3 is 2.70 bits per heavy atom. The van der Waals surface area contributed by atoms with Gasteiger partial charge < -0.3 is 4.74 Å². The zero-order valence-electron chi connectivity index (χ0n) is 10.5. The van der Waals surface area contributed by atoms with E-state index in [0.717, 1.165) is 12.4 Å². The van der Waals surface area contributed by atoms with Crippen molar-refractivity contribution in [3.63, 3.8) is 0 Å². The van der Waals surface area contributed by atoms with E-state index >= 15 is 0 Å². The molecule has 1 aromatic heterocycles. The number of halogens is 3. The topological polar surface area (TPSA) is 50.8 Å². The maximum atomic E-state index is 12.4. The molecule has 0 amide bonds. The molecule has 0 N–H and O–H groups in total. The molecule has 0 aliphatic heterocycles. The van der Waals surface area contributed by atoms with Gasteiger partial charge in [-0.3, -0.25) is 4.68 Å². The third-order valence-corrected chi connectivity index (χ3v) is 2.69. The summed E-state index contributed by atoms with van der Waals surface area (Å²) in [7, 11) is 1.43. The van der Waals surface area contributed by atoms with Gasteiger partial charge in [0.15, 0.2) is 0 Å². The average molecular weight is 281 g/mol. The maximum absolute atomic E-state index is 12.4. The van der Waals surface area contributed by atoms with E-state index < -0.39 is 11.7 Å². The van der Waals surface area contributed by atoms with E-state index in [-0.39, 0.29) is 6.54 Å². The summed E-state index contributed by atoms with van der Waals surface area (Å²) in [5.41, 5.74) is 0.267. The van der Waals surface area contributed by atoms with Crippen LogP contribution in [0.15, 0.2) is 30.6 Å². The van der Waals surface area contributed by atoms with Crippen LogP contribution in [0.25, 0.3) is 0 Å². The Hall–Kier alpha value is -2.49. The second-order valence-corrected chi connectivity index (χ2v) is 4.07. The SMILES string of the molecule is COc1cc(Cn2cc(C(F)(F)F)cn2)ccc1C#N. The van der Waals surface area contributed by atoms with Gasteiger partial charge in [-0.15, -0.1) is 0 Å². The zero-order chi connectivity index (χ0) is 14.8. The molecule has 7 heteroatoms. The first-order valence-corrected chi connectivity index (χ1v) is 5.60. The molecule has 1 heterocycles. The molecule has 1 aromatic carbocycles. The lowest BCUT2D eigenvalue weighted by Crippen LogP contribution is -2.04. The van der Waals surface area contributed by atoms with Gasteiger partial charge in [-0.1, -0.05) is 6.07 Å². The Kier molecular flexibility index (Phi) is 3.66. The van der Waals surface area contributed by atoms with Crippen molar-refractivity contribution in [2.75, 3.05) is 7.11 Å². The highest BCUT2D eigenvalue weighted by Gasteiger charge is 2.32. The fourth-order valence-corrected chi connectivity index (χ4v) is 1.71. The van der Waals surface area contributed by atoms with Crippen LogP contribution in [-0.4, -0.2) is 16.9 Å². The number of alkyl halides is 3. The van der Waals surface area contributed by atoms with Crippen molar-refractivity contribution < 1.29 is 17.9 Å². The molecule has 0 saturated heterocycles. The standard InChI is InChI=1S/C13H10F3N3O/c1-20-12-4-9(2-3-10(12)5-17)7-19-8-11(6-18-19)13(14,15)16/h2-4,6,8H,7H2,1H3. The van der Waals surface area contributed by atoms with Crippen molar-refractivity contribution >= 4 is 0 Å². The first-order valence-electron chi connectivity index (χ1n) is 5.60. The second kappa shape index (κ2) is 5.25. The minimum absolute atomic E-state index is 0.165. The molecule has 104 valence electrons. The number of aromatic nitrogens is 2. The lowest BCUT2D eigenvalue weighted by molar-refractivity contribution is -0.137. The highest BCUT2D eigenvalue weighted by Crippen LogP contribution is 2.28. The summed E-state index contributed by atoms with van der Waals surface area (Å²) >= 11 is 0. The molecule has 0 saturated carbocycles. The molecule has 0 radical (unpaired) electrons. The Bertz CT molecular complexity index is 656. The van der Waals surface area contributed by atoms with Crippen LogP contribution >= 0.6 is 0 Å². The molecular weight excluding hydrogens is 271 g/mol. The summed E-state index contributed by atoms with van der Waals surface area (Å²) in [4.78, 5) is 0. The zero-order valence-corrected chi connectivity index (χ0v) is 10.5. The number of benzene rings is 1. The Balaban J connectivity index is 2.22. The van der Waals surface area contributed by atoms with Gasteiger partial charge in [-0.05, 0) is 17.7 Å². The minimum Gasteiger partial charge on any atom is -0.495 e. The molecule has 0 bridgehead atoms. The summed E-state index contributed by atoms with van der Waals surface area (Å²) < 4.78 is 43.6. The average Bonchev–Trinajstić information content (AvgIpc) is 2.87. The number of ether oxygens (including phenoxy) is 1. The van der Waals surface area contributed by atoms with Crippen molar-refractivity contribution in [1.29, 1.82) is 5.26 Å². The van der Waals surface area contributed by atoms with Crippen LogP contribution in [0.3, 0.4) is 0 Å². The van der Waals surface area contributed by atoms with E-state index in [9.17, 15) is 13.2 Å². The van der Waals surface area contributed by atoms with Crippen LogP contribution < -0.4 is 4.74 Å². The monoisotopic (exact) mass is 281 g/mol. The molecule has 2 aromatic rings. The van der Waals surface area contributed by atoms with Gasteiger partial charge in [0.05, 0.1) is 31.0 Å². The molecule has 20 heavy (non-hydrogen) atoms. The van der Waals surface area contributed by atoms with E-state index in [0.29, 0.717) is 16.9 Å². The second-order valence-electron chi connectivity index (χ2n) is 4.07. The normalized spacial score (nSPS) is 11.2. The summed E-state index contributed by atoms with van der Waals surface area (Å²) in [5.74, 6) is 0.383. The van der Waals surface area contributed by atoms with Crippen LogP contribution in [0.5, 0.6) is 5.75 Å². The van der Waals surface area contributed by atoms with Crippen LogP contribution in [0.1, 0.15) is 16.7 Å². The van der Waals surface area contributed by atoms with Crippen molar-refractivity contribution in [2.24, 2.45) is 0 Å². The molecule has 0 unspecified atom stereocenters. The molecule has 2 rings (SSSR count). The predicted octanol–water partition coefficient (Wildman–Crippen LogP) is 2.83. The van der Waals surface area contributed by atoms with E-state index in [1.165, 1.54) is 11.8 Å². The van der Waals surface area contributed by atoms with Gasteiger partial charge in [0.25, 0.3) is 0 Å². The van der Waals surface area contributed by atoms with E-state index in [2.05, 4.69) is 5.10 Å².